The summed E-state index contributed by atoms with van der Waals surface area (Å²) in [5.74, 6) is -0.473. The number of hydrogen-bond acceptors (Lipinski definition) is 2. The predicted molar refractivity (Wildman–Crippen MR) is 57.0 cm³/mol. The van der Waals surface area contributed by atoms with Crippen LogP contribution in [0, 0.1) is 5.41 Å². The largest absolute Gasteiger partial charge is 0.384 e. The van der Waals surface area contributed by atoms with Crippen molar-refractivity contribution in [2.75, 3.05) is 0 Å². The topological polar surface area (TPSA) is 63.3 Å². The van der Waals surface area contributed by atoms with Crippen molar-refractivity contribution in [3.8, 4) is 0 Å². The zero-order valence-corrected chi connectivity index (χ0v) is 8.95. The number of hydrogen-bond donors (Lipinski definition) is 2. The molecule has 0 aliphatic heterocycles. The van der Waals surface area contributed by atoms with Crippen molar-refractivity contribution in [2.24, 2.45) is 11.1 Å². The molecule has 0 radical (unpaired) electrons. The van der Waals surface area contributed by atoms with E-state index in [1.54, 1.807) is 13.8 Å². The predicted octanol–water partition coefficient (Wildman–Crippen LogP) is 0.942. The molecule has 0 spiro atoms. The fraction of sp³-hybridized carbons (Fsp3) is 0.417. The Balaban J connectivity index is 2.46. The van der Waals surface area contributed by atoms with Crippen molar-refractivity contribution in [3.63, 3.8) is 0 Å². The summed E-state index contributed by atoms with van der Waals surface area (Å²) in [5.41, 5.74) is 5.21. The number of nitrogens with two attached hydrogens (primary N) is 1. The van der Waals surface area contributed by atoms with Crippen molar-refractivity contribution in [2.45, 2.75) is 25.9 Å². The summed E-state index contributed by atoms with van der Waals surface area (Å²) < 4.78 is 0. The third kappa shape index (κ3) is 1.13. The quantitative estimate of drug-likeness (QED) is 0.754. The zero-order chi connectivity index (χ0) is 11.3. The van der Waals surface area contributed by atoms with E-state index in [-0.39, 0.29) is 0 Å². The molecule has 0 fully saturated rings. The van der Waals surface area contributed by atoms with Gasteiger partial charge in [0.05, 0.1) is 5.41 Å². The van der Waals surface area contributed by atoms with Gasteiger partial charge >= 0.3 is 0 Å². The molecule has 0 saturated heterocycles. The number of carbonyl (C=O) groups is 1. The Kier molecular flexibility index (Phi) is 1.92. The number of benzene rings is 1. The number of fused-ring (bicyclic) bond motifs is 1. The van der Waals surface area contributed by atoms with Crippen LogP contribution in [0.3, 0.4) is 0 Å². The normalized spacial score (nSPS) is 24.2. The smallest absolute Gasteiger partial charge is 0.226 e. The summed E-state index contributed by atoms with van der Waals surface area (Å²) in [6.45, 7) is 3.37. The van der Waals surface area contributed by atoms with Gasteiger partial charge in [-0.2, -0.15) is 0 Å². The molecule has 0 bridgehead atoms. The minimum Gasteiger partial charge on any atom is -0.384 e. The molecule has 0 aromatic heterocycles. The zero-order valence-electron chi connectivity index (χ0n) is 8.95. The van der Waals surface area contributed by atoms with E-state index in [0.29, 0.717) is 6.42 Å². The van der Waals surface area contributed by atoms with Crippen molar-refractivity contribution >= 4 is 5.91 Å². The Morgan fingerprint density at radius 1 is 1.47 bits per heavy atom. The van der Waals surface area contributed by atoms with Gasteiger partial charge in [0.15, 0.2) is 0 Å². The van der Waals surface area contributed by atoms with Crippen LogP contribution in [0.5, 0.6) is 0 Å². The second-order valence-electron chi connectivity index (χ2n) is 4.68. The lowest BCUT2D eigenvalue weighted by atomic mass is 9.59. The van der Waals surface area contributed by atoms with E-state index in [2.05, 4.69) is 0 Å². The minimum atomic E-state index is -1.10. The maximum atomic E-state index is 11.3. The van der Waals surface area contributed by atoms with Crippen LogP contribution < -0.4 is 5.73 Å². The molecular formula is C12H15NO2. The summed E-state index contributed by atoms with van der Waals surface area (Å²) in [4.78, 5) is 11.3. The summed E-state index contributed by atoms with van der Waals surface area (Å²) in [7, 11) is 0. The fourth-order valence-electron chi connectivity index (χ4n) is 2.10. The molecule has 3 heteroatoms. The Hall–Kier alpha value is -1.35. The highest BCUT2D eigenvalue weighted by Crippen LogP contribution is 2.50. The highest BCUT2D eigenvalue weighted by Gasteiger charge is 2.54. The van der Waals surface area contributed by atoms with Gasteiger partial charge < -0.3 is 10.8 Å². The van der Waals surface area contributed by atoms with E-state index in [4.69, 9.17) is 5.73 Å². The van der Waals surface area contributed by atoms with Crippen LogP contribution in [0.4, 0.5) is 0 Å². The van der Waals surface area contributed by atoms with Gasteiger partial charge in [0.25, 0.3) is 0 Å². The summed E-state index contributed by atoms with van der Waals surface area (Å²) in [5, 5.41) is 10.5. The second kappa shape index (κ2) is 2.83. The molecule has 0 saturated carbocycles. The summed E-state index contributed by atoms with van der Waals surface area (Å²) in [6, 6.07) is 7.60. The SMILES string of the molecule is CC(C)(C(N)=O)C1(O)Cc2ccccc21. The highest BCUT2D eigenvalue weighted by atomic mass is 16.3. The number of carbonyl (C=O) groups excluding carboxylic acids is 1. The van der Waals surface area contributed by atoms with Gasteiger partial charge in [0, 0.05) is 6.42 Å². The first-order valence-electron chi connectivity index (χ1n) is 5.00. The van der Waals surface area contributed by atoms with Crippen molar-refractivity contribution < 1.29 is 9.90 Å². The second-order valence-corrected chi connectivity index (χ2v) is 4.68. The maximum Gasteiger partial charge on any atom is 0.226 e. The summed E-state index contributed by atoms with van der Waals surface area (Å²) in [6.07, 6.45) is 0.499. The Morgan fingerprint density at radius 2 is 2.07 bits per heavy atom. The molecule has 3 N–H and O–H groups in total. The molecule has 1 aliphatic carbocycles. The van der Waals surface area contributed by atoms with Crippen LogP contribution in [-0.2, 0) is 16.8 Å². The first kappa shape index (κ1) is 10.2. The molecule has 1 amide bonds. The number of amides is 1. The Labute approximate surface area is 88.9 Å². The van der Waals surface area contributed by atoms with E-state index in [9.17, 15) is 9.90 Å². The van der Waals surface area contributed by atoms with Crippen molar-refractivity contribution in [1.82, 2.24) is 0 Å². The number of primary amides is 1. The van der Waals surface area contributed by atoms with Gasteiger partial charge in [-0.3, -0.25) is 4.79 Å². The van der Waals surface area contributed by atoms with E-state index in [1.165, 1.54) is 0 Å². The Morgan fingerprint density at radius 3 is 2.60 bits per heavy atom. The summed E-state index contributed by atoms with van der Waals surface area (Å²) >= 11 is 0. The van der Waals surface area contributed by atoms with Crippen LogP contribution in [0.1, 0.15) is 25.0 Å². The molecule has 15 heavy (non-hydrogen) atoms. The highest BCUT2D eigenvalue weighted by molar-refractivity contribution is 5.82. The molecule has 80 valence electrons. The lowest BCUT2D eigenvalue weighted by molar-refractivity contribution is -0.149. The number of aliphatic hydroxyl groups is 1. The van der Waals surface area contributed by atoms with Crippen molar-refractivity contribution in [3.05, 3.63) is 35.4 Å². The van der Waals surface area contributed by atoms with Crippen LogP contribution >= 0.6 is 0 Å². The van der Waals surface area contributed by atoms with Gasteiger partial charge in [0.1, 0.15) is 5.60 Å². The van der Waals surface area contributed by atoms with E-state index in [0.717, 1.165) is 11.1 Å². The van der Waals surface area contributed by atoms with Gasteiger partial charge in [0.2, 0.25) is 5.91 Å². The van der Waals surface area contributed by atoms with Crippen LogP contribution in [0.2, 0.25) is 0 Å². The molecule has 1 unspecified atom stereocenters. The van der Waals surface area contributed by atoms with Crippen LogP contribution in [0.25, 0.3) is 0 Å². The molecule has 1 aromatic rings. The first-order chi connectivity index (χ1) is 6.89. The van der Waals surface area contributed by atoms with E-state index < -0.39 is 16.9 Å². The molecular weight excluding hydrogens is 190 g/mol. The van der Waals surface area contributed by atoms with Crippen LogP contribution in [0.15, 0.2) is 24.3 Å². The maximum absolute atomic E-state index is 11.3. The molecule has 0 heterocycles. The number of rotatable bonds is 2. The average molecular weight is 205 g/mol. The van der Waals surface area contributed by atoms with Crippen molar-refractivity contribution in [1.29, 1.82) is 0 Å². The minimum absolute atomic E-state index is 0.473. The Bertz CT molecular complexity index is 425. The monoisotopic (exact) mass is 205 g/mol. The van der Waals surface area contributed by atoms with Gasteiger partial charge in [-0.25, -0.2) is 0 Å². The van der Waals surface area contributed by atoms with E-state index in [1.807, 2.05) is 24.3 Å². The lowest BCUT2D eigenvalue weighted by Crippen LogP contribution is -2.56. The third-order valence-electron chi connectivity index (χ3n) is 3.56. The third-order valence-corrected chi connectivity index (χ3v) is 3.56. The van der Waals surface area contributed by atoms with Crippen LogP contribution in [-0.4, -0.2) is 11.0 Å². The van der Waals surface area contributed by atoms with Gasteiger partial charge in [-0.15, -0.1) is 0 Å². The standard InChI is InChI=1S/C12H15NO2/c1-11(2,10(13)14)12(15)7-8-5-3-4-6-9(8)12/h3-6,15H,7H2,1-2H3,(H2,13,14). The fourth-order valence-corrected chi connectivity index (χ4v) is 2.10. The lowest BCUT2D eigenvalue weighted by Gasteiger charge is -2.48. The van der Waals surface area contributed by atoms with Gasteiger partial charge in [-0.1, -0.05) is 24.3 Å². The molecule has 1 aliphatic rings. The molecule has 1 aromatic carbocycles. The van der Waals surface area contributed by atoms with E-state index >= 15 is 0 Å². The average Bonchev–Trinajstić information content (AvgIpc) is 2.15. The molecule has 3 nitrogen and oxygen atoms in total. The molecule has 2 rings (SSSR count). The first-order valence-corrected chi connectivity index (χ1v) is 5.00. The van der Waals surface area contributed by atoms with Gasteiger partial charge in [-0.05, 0) is 25.0 Å². The molecule has 1 atom stereocenters.